The topological polar surface area (TPSA) is 29.3 Å². The first kappa shape index (κ1) is 15.8. The van der Waals surface area contributed by atoms with Crippen LogP contribution in [-0.2, 0) is 0 Å². The Bertz CT molecular complexity index is 353. The van der Waals surface area contributed by atoms with Crippen LogP contribution in [0.25, 0.3) is 0 Å². The molecule has 1 aromatic rings. The molecule has 1 saturated heterocycles. The molecule has 102 valence electrons. The van der Waals surface area contributed by atoms with E-state index in [4.69, 9.17) is 17.3 Å². The van der Waals surface area contributed by atoms with Gasteiger partial charge in [0.15, 0.2) is 0 Å². The first-order chi connectivity index (χ1) is 8.20. The van der Waals surface area contributed by atoms with E-state index in [1.807, 2.05) is 12.1 Å². The maximum atomic E-state index is 6.06. The van der Waals surface area contributed by atoms with Gasteiger partial charge in [-0.1, -0.05) is 30.7 Å². The van der Waals surface area contributed by atoms with Crippen LogP contribution in [0, 0.1) is 0 Å². The number of piperidine rings is 1. The van der Waals surface area contributed by atoms with Gasteiger partial charge in [-0.3, -0.25) is 4.90 Å². The van der Waals surface area contributed by atoms with E-state index in [0.29, 0.717) is 12.1 Å². The van der Waals surface area contributed by atoms with E-state index in [9.17, 15) is 0 Å². The molecule has 1 aromatic carbocycles. The van der Waals surface area contributed by atoms with Gasteiger partial charge in [0.25, 0.3) is 0 Å². The van der Waals surface area contributed by atoms with Gasteiger partial charge >= 0.3 is 0 Å². The fraction of sp³-hybridized carbons (Fsp3) is 0.571. The van der Waals surface area contributed by atoms with Gasteiger partial charge in [-0.05, 0) is 43.5 Å². The lowest BCUT2D eigenvalue weighted by atomic mass is 9.98. The largest absolute Gasteiger partial charge is 0.327 e. The zero-order chi connectivity index (χ0) is 12.3. The molecule has 0 amide bonds. The SMILES string of the molecule is CCC(c1ccc(Cl)cc1)N1CCCC(N)C1.Cl. The highest BCUT2D eigenvalue weighted by Gasteiger charge is 2.23. The number of nitrogens with zero attached hydrogens (tertiary/aromatic N) is 1. The van der Waals surface area contributed by atoms with E-state index in [1.165, 1.54) is 12.0 Å². The third-order valence-electron chi connectivity index (χ3n) is 3.57. The second-order valence-corrected chi connectivity index (χ2v) is 5.31. The van der Waals surface area contributed by atoms with Gasteiger partial charge in [0, 0.05) is 23.7 Å². The van der Waals surface area contributed by atoms with Crippen molar-refractivity contribution in [3.8, 4) is 0 Å². The van der Waals surface area contributed by atoms with Crippen LogP contribution in [0.4, 0.5) is 0 Å². The number of benzene rings is 1. The average molecular weight is 289 g/mol. The summed E-state index contributed by atoms with van der Waals surface area (Å²) in [6, 6.07) is 9.05. The number of halogens is 2. The minimum atomic E-state index is 0. The lowest BCUT2D eigenvalue weighted by molar-refractivity contribution is 0.145. The predicted molar refractivity (Wildman–Crippen MR) is 80.5 cm³/mol. The molecule has 1 aliphatic heterocycles. The molecule has 0 spiro atoms. The summed E-state index contributed by atoms with van der Waals surface area (Å²) in [6.07, 6.45) is 3.49. The summed E-state index contributed by atoms with van der Waals surface area (Å²) in [4.78, 5) is 2.51. The summed E-state index contributed by atoms with van der Waals surface area (Å²) in [6.45, 7) is 4.41. The van der Waals surface area contributed by atoms with Gasteiger partial charge in [0.2, 0.25) is 0 Å². The Kier molecular flexibility index (Phi) is 6.44. The molecule has 2 rings (SSSR count). The van der Waals surface area contributed by atoms with E-state index >= 15 is 0 Å². The van der Waals surface area contributed by atoms with Crippen LogP contribution in [-0.4, -0.2) is 24.0 Å². The summed E-state index contributed by atoms with van der Waals surface area (Å²) >= 11 is 5.93. The molecule has 0 aliphatic carbocycles. The number of likely N-dealkylation sites (tertiary alicyclic amines) is 1. The van der Waals surface area contributed by atoms with Gasteiger partial charge in [-0.15, -0.1) is 12.4 Å². The van der Waals surface area contributed by atoms with Crippen molar-refractivity contribution >= 4 is 24.0 Å². The first-order valence-electron chi connectivity index (χ1n) is 6.45. The number of nitrogens with two attached hydrogens (primary N) is 1. The first-order valence-corrected chi connectivity index (χ1v) is 6.83. The zero-order valence-electron chi connectivity index (χ0n) is 10.8. The lowest BCUT2D eigenvalue weighted by Gasteiger charge is -2.37. The molecule has 2 unspecified atom stereocenters. The van der Waals surface area contributed by atoms with Gasteiger partial charge in [0.1, 0.15) is 0 Å². The molecular weight excluding hydrogens is 267 g/mol. The predicted octanol–water partition coefficient (Wildman–Crippen LogP) is 3.64. The van der Waals surface area contributed by atoms with Crippen molar-refractivity contribution in [3.05, 3.63) is 34.9 Å². The molecule has 1 heterocycles. The van der Waals surface area contributed by atoms with Crippen molar-refractivity contribution in [2.75, 3.05) is 13.1 Å². The van der Waals surface area contributed by atoms with Crippen LogP contribution in [0.3, 0.4) is 0 Å². The number of rotatable bonds is 3. The Hall–Kier alpha value is -0.280. The highest BCUT2D eigenvalue weighted by Crippen LogP contribution is 2.27. The second-order valence-electron chi connectivity index (χ2n) is 4.87. The lowest BCUT2D eigenvalue weighted by Crippen LogP contribution is -2.44. The highest BCUT2D eigenvalue weighted by atomic mass is 35.5. The Labute approximate surface area is 121 Å². The van der Waals surface area contributed by atoms with Crippen molar-refractivity contribution in [1.29, 1.82) is 0 Å². The van der Waals surface area contributed by atoms with Crippen molar-refractivity contribution in [1.82, 2.24) is 4.90 Å². The van der Waals surface area contributed by atoms with Crippen LogP contribution < -0.4 is 5.73 Å². The summed E-state index contributed by atoms with van der Waals surface area (Å²) in [5, 5.41) is 0.805. The van der Waals surface area contributed by atoms with Crippen molar-refractivity contribution < 1.29 is 0 Å². The van der Waals surface area contributed by atoms with Crippen LogP contribution in [0.15, 0.2) is 24.3 Å². The minimum absolute atomic E-state index is 0. The summed E-state index contributed by atoms with van der Waals surface area (Å²) < 4.78 is 0. The standard InChI is InChI=1S/C14H21ClN2.ClH/c1-2-14(11-5-7-12(15)8-6-11)17-9-3-4-13(16)10-17;/h5-8,13-14H,2-4,9-10,16H2,1H3;1H. The van der Waals surface area contributed by atoms with Gasteiger partial charge in [-0.2, -0.15) is 0 Å². The summed E-state index contributed by atoms with van der Waals surface area (Å²) in [7, 11) is 0. The maximum absolute atomic E-state index is 6.06. The Morgan fingerprint density at radius 3 is 2.61 bits per heavy atom. The average Bonchev–Trinajstić information content (AvgIpc) is 2.33. The smallest absolute Gasteiger partial charge is 0.0406 e. The Morgan fingerprint density at radius 1 is 1.39 bits per heavy atom. The summed E-state index contributed by atoms with van der Waals surface area (Å²) in [5.74, 6) is 0. The maximum Gasteiger partial charge on any atom is 0.0406 e. The van der Waals surface area contributed by atoms with Crippen LogP contribution in [0.1, 0.15) is 37.8 Å². The molecule has 2 nitrogen and oxygen atoms in total. The van der Waals surface area contributed by atoms with Crippen LogP contribution >= 0.6 is 24.0 Å². The third-order valence-corrected chi connectivity index (χ3v) is 3.82. The summed E-state index contributed by atoms with van der Waals surface area (Å²) in [5.41, 5.74) is 7.41. The van der Waals surface area contributed by atoms with Crippen LogP contribution in [0.2, 0.25) is 5.02 Å². The second kappa shape index (κ2) is 7.34. The van der Waals surface area contributed by atoms with Gasteiger partial charge in [0.05, 0.1) is 0 Å². The third kappa shape index (κ3) is 3.86. The molecule has 2 atom stereocenters. The molecular formula is C14H22Cl2N2. The fourth-order valence-electron chi connectivity index (χ4n) is 2.71. The quantitative estimate of drug-likeness (QED) is 0.920. The number of hydrogen-bond donors (Lipinski definition) is 1. The van der Waals surface area contributed by atoms with E-state index in [2.05, 4.69) is 24.0 Å². The van der Waals surface area contributed by atoms with Gasteiger partial charge in [-0.25, -0.2) is 0 Å². The molecule has 4 heteroatoms. The molecule has 1 fully saturated rings. The molecule has 2 N–H and O–H groups in total. The van der Waals surface area contributed by atoms with Crippen molar-refractivity contribution in [2.45, 2.75) is 38.3 Å². The molecule has 1 aliphatic rings. The monoisotopic (exact) mass is 288 g/mol. The van der Waals surface area contributed by atoms with E-state index in [1.54, 1.807) is 0 Å². The molecule has 18 heavy (non-hydrogen) atoms. The Morgan fingerprint density at radius 2 is 2.06 bits per heavy atom. The molecule has 0 radical (unpaired) electrons. The minimum Gasteiger partial charge on any atom is -0.327 e. The molecule has 0 bridgehead atoms. The number of hydrogen-bond acceptors (Lipinski definition) is 2. The van der Waals surface area contributed by atoms with E-state index < -0.39 is 0 Å². The Balaban J connectivity index is 0.00000162. The van der Waals surface area contributed by atoms with Crippen molar-refractivity contribution in [3.63, 3.8) is 0 Å². The molecule has 0 saturated carbocycles. The normalized spacial score (nSPS) is 22.3. The molecule has 0 aromatic heterocycles. The van der Waals surface area contributed by atoms with Crippen molar-refractivity contribution in [2.24, 2.45) is 5.73 Å². The van der Waals surface area contributed by atoms with Crippen LogP contribution in [0.5, 0.6) is 0 Å². The zero-order valence-corrected chi connectivity index (χ0v) is 12.4. The van der Waals surface area contributed by atoms with E-state index in [0.717, 1.165) is 31.0 Å². The van der Waals surface area contributed by atoms with Gasteiger partial charge < -0.3 is 5.73 Å². The highest BCUT2D eigenvalue weighted by molar-refractivity contribution is 6.30. The fourth-order valence-corrected chi connectivity index (χ4v) is 2.84. The van der Waals surface area contributed by atoms with E-state index in [-0.39, 0.29) is 12.4 Å².